The quantitative estimate of drug-likeness (QED) is 0.623. The largest absolute Gasteiger partial charge is 0.375 e. The van der Waals surface area contributed by atoms with Crippen LogP contribution in [0.4, 0.5) is 0 Å². The van der Waals surface area contributed by atoms with Gasteiger partial charge in [-0.05, 0) is 32.6 Å². The third kappa shape index (κ3) is 2.03. The molecular weight excluding hydrogens is 162 g/mol. The average Bonchev–Trinajstić information content (AvgIpc) is 2.02. The van der Waals surface area contributed by atoms with Gasteiger partial charge in [-0.15, -0.1) is 0 Å². The Morgan fingerprint density at radius 3 is 2.31 bits per heavy atom. The molecule has 1 saturated heterocycles. The second-order valence-corrected chi connectivity index (χ2v) is 4.96. The molecule has 1 aliphatic heterocycles. The summed E-state index contributed by atoms with van der Waals surface area (Å²) in [6, 6.07) is 2.49. The highest BCUT2D eigenvalue weighted by atomic mass is 16.5. The maximum atomic E-state index is 9.24. The molecule has 0 amide bonds. The molecule has 0 unspecified atom stereocenters. The first-order valence-electron chi connectivity index (χ1n) is 4.97. The number of hydrogen-bond donors (Lipinski definition) is 0. The molecule has 0 aromatic heterocycles. The van der Waals surface area contributed by atoms with Crippen LogP contribution >= 0.6 is 0 Å². The van der Waals surface area contributed by atoms with E-state index < -0.39 is 0 Å². The standard InChI is InChI=1S/C11H19NO/c1-9(2)11(8-12)5-6-13-10(3,4)7-11/h9H,5-7H2,1-4H3/t11-/m1/s1. The van der Waals surface area contributed by atoms with E-state index in [0.717, 1.165) is 19.4 Å². The zero-order chi connectivity index (χ0) is 10.1. The molecule has 0 spiro atoms. The highest BCUT2D eigenvalue weighted by molar-refractivity contribution is 5.05. The Kier molecular flexibility index (Phi) is 2.68. The predicted molar refractivity (Wildman–Crippen MR) is 52.1 cm³/mol. The van der Waals surface area contributed by atoms with E-state index in [-0.39, 0.29) is 11.0 Å². The van der Waals surface area contributed by atoms with Crippen molar-refractivity contribution >= 4 is 0 Å². The van der Waals surface area contributed by atoms with Crippen molar-refractivity contribution in [3.05, 3.63) is 0 Å². The molecule has 0 bridgehead atoms. The molecule has 13 heavy (non-hydrogen) atoms. The molecule has 0 radical (unpaired) electrons. The SMILES string of the molecule is CC(C)[C@]1(C#N)CCOC(C)(C)C1. The number of hydrogen-bond acceptors (Lipinski definition) is 2. The molecule has 1 fully saturated rings. The summed E-state index contributed by atoms with van der Waals surface area (Å²) < 4.78 is 5.62. The third-order valence-corrected chi connectivity index (χ3v) is 3.11. The third-order valence-electron chi connectivity index (χ3n) is 3.11. The average molecular weight is 181 g/mol. The summed E-state index contributed by atoms with van der Waals surface area (Å²) in [6.45, 7) is 9.12. The van der Waals surface area contributed by atoms with Crippen molar-refractivity contribution in [2.45, 2.75) is 46.1 Å². The Labute approximate surface area is 80.9 Å². The maximum absolute atomic E-state index is 9.24. The van der Waals surface area contributed by atoms with E-state index in [4.69, 9.17) is 4.74 Å². The van der Waals surface area contributed by atoms with Crippen molar-refractivity contribution in [2.24, 2.45) is 11.3 Å². The van der Waals surface area contributed by atoms with E-state index in [2.05, 4.69) is 33.8 Å². The minimum atomic E-state index is -0.165. The van der Waals surface area contributed by atoms with Crippen molar-refractivity contribution in [1.29, 1.82) is 5.26 Å². The minimum absolute atomic E-state index is 0.127. The fraction of sp³-hybridized carbons (Fsp3) is 0.909. The number of rotatable bonds is 1. The summed E-state index contributed by atoms with van der Waals surface area (Å²) >= 11 is 0. The van der Waals surface area contributed by atoms with E-state index in [9.17, 15) is 5.26 Å². The molecule has 1 heterocycles. The maximum Gasteiger partial charge on any atom is 0.0694 e. The van der Waals surface area contributed by atoms with Crippen molar-refractivity contribution in [3.8, 4) is 6.07 Å². The van der Waals surface area contributed by atoms with Crippen molar-refractivity contribution in [3.63, 3.8) is 0 Å². The summed E-state index contributed by atoms with van der Waals surface area (Å²) in [5.41, 5.74) is -0.292. The van der Waals surface area contributed by atoms with Gasteiger partial charge in [0.2, 0.25) is 0 Å². The van der Waals surface area contributed by atoms with E-state index >= 15 is 0 Å². The lowest BCUT2D eigenvalue weighted by atomic mass is 9.68. The predicted octanol–water partition coefficient (Wildman–Crippen LogP) is 2.74. The van der Waals surface area contributed by atoms with Crippen LogP contribution in [0.3, 0.4) is 0 Å². The molecule has 0 saturated carbocycles. The van der Waals surface area contributed by atoms with Crippen LogP contribution in [-0.2, 0) is 4.74 Å². The van der Waals surface area contributed by atoms with Gasteiger partial charge in [-0.25, -0.2) is 0 Å². The molecule has 1 atom stereocenters. The van der Waals surface area contributed by atoms with Gasteiger partial charge in [0.25, 0.3) is 0 Å². The lowest BCUT2D eigenvalue weighted by Crippen LogP contribution is -2.43. The minimum Gasteiger partial charge on any atom is -0.375 e. The van der Waals surface area contributed by atoms with Gasteiger partial charge in [-0.2, -0.15) is 5.26 Å². The fourth-order valence-corrected chi connectivity index (χ4v) is 2.13. The number of nitrogens with zero attached hydrogens (tertiary/aromatic N) is 1. The van der Waals surface area contributed by atoms with E-state index in [1.807, 2.05) is 0 Å². The normalized spacial score (nSPS) is 32.9. The molecular formula is C11H19NO. The smallest absolute Gasteiger partial charge is 0.0694 e. The van der Waals surface area contributed by atoms with Crippen LogP contribution in [-0.4, -0.2) is 12.2 Å². The monoisotopic (exact) mass is 181 g/mol. The second-order valence-electron chi connectivity index (χ2n) is 4.96. The van der Waals surface area contributed by atoms with Crippen LogP contribution in [0.1, 0.15) is 40.5 Å². The molecule has 1 rings (SSSR count). The summed E-state index contributed by atoms with van der Waals surface area (Å²) in [4.78, 5) is 0. The topological polar surface area (TPSA) is 33.0 Å². The van der Waals surface area contributed by atoms with E-state index in [0.29, 0.717) is 5.92 Å². The van der Waals surface area contributed by atoms with Gasteiger partial charge in [0.15, 0.2) is 0 Å². The number of nitriles is 1. The lowest BCUT2D eigenvalue weighted by molar-refractivity contribution is -0.1000. The molecule has 0 aliphatic carbocycles. The van der Waals surface area contributed by atoms with Crippen molar-refractivity contribution < 1.29 is 4.74 Å². The van der Waals surface area contributed by atoms with Crippen molar-refractivity contribution in [1.82, 2.24) is 0 Å². The molecule has 1 aliphatic rings. The first-order chi connectivity index (χ1) is 5.92. The van der Waals surface area contributed by atoms with Crippen LogP contribution in [0, 0.1) is 22.7 Å². The van der Waals surface area contributed by atoms with Gasteiger partial charge in [-0.1, -0.05) is 13.8 Å². The van der Waals surface area contributed by atoms with Gasteiger partial charge >= 0.3 is 0 Å². The molecule has 0 aromatic rings. The summed E-state index contributed by atoms with van der Waals surface area (Å²) in [6.07, 6.45) is 1.73. The first-order valence-corrected chi connectivity index (χ1v) is 4.97. The van der Waals surface area contributed by atoms with E-state index in [1.54, 1.807) is 0 Å². The van der Waals surface area contributed by atoms with E-state index in [1.165, 1.54) is 0 Å². The number of ether oxygens (including phenoxy) is 1. The molecule has 2 nitrogen and oxygen atoms in total. The lowest BCUT2D eigenvalue weighted by Gasteiger charge is -2.43. The second kappa shape index (κ2) is 3.31. The van der Waals surface area contributed by atoms with Crippen molar-refractivity contribution in [2.75, 3.05) is 6.61 Å². The first kappa shape index (κ1) is 10.5. The highest BCUT2D eigenvalue weighted by Crippen LogP contribution is 2.43. The Morgan fingerprint density at radius 1 is 1.38 bits per heavy atom. The Hall–Kier alpha value is -0.550. The van der Waals surface area contributed by atoms with Gasteiger partial charge in [0, 0.05) is 6.61 Å². The fourth-order valence-electron chi connectivity index (χ4n) is 2.13. The van der Waals surface area contributed by atoms with Gasteiger partial charge in [-0.3, -0.25) is 0 Å². The summed E-state index contributed by atoms with van der Waals surface area (Å²) in [7, 11) is 0. The summed E-state index contributed by atoms with van der Waals surface area (Å²) in [5, 5.41) is 9.24. The van der Waals surface area contributed by atoms with Crippen LogP contribution in [0.25, 0.3) is 0 Å². The molecule has 2 heteroatoms. The zero-order valence-corrected chi connectivity index (χ0v) is 9.05. The zero-order valence-electron chi connectivity index (χ0n) is 9.05. The highest BCUT2D eigenvalue weighted by Gasteiger charge is 2.43. The molecule has 0 N–H and O–H groups in total. The molecule has 0 aromatic carbocycles. The van der Waals surface area contributed by atoms with Gasteiger partial charge < -0.3 is 4.74 Å². The van der Waals surface area contributed by atoms with Crippen LogP contribution < -0.4 is 0 Å². The van der Waals surface area contributed by atoms with Gasteiger partial charge in [0.1, 0.15) is 0 Å². The van der Waals surface area contributed by atoms with Crippen LogP contribution in [0.15, 0.2) is 0 Å². The Bertz CT molecular complexity index is 227. The summed E-state index contributed by atoms with van der Waals surface area (Å²) in [5.74, 6) is 0.417. The molecule has 74 valence electrons. The van der Waals surface area contributed by atoms with Crippen LogP contribution in [0.2, 0.25) is 0 Å². The Balaban J connectivity index is 2.84. The Morgan fingerprint density at radius 2 is 2.00 bits per heavy atom. The van der Waals surface area contributed by atoms with Gasteiger partial charge in [0.05, 0.1) is 17.1 Å². The van der Waals surface area contributed by atoms with Crippen LogP contribution in [0.5, 0.6) is 0 Å².